The minimum absolute atomic E-state index is 0.274. The van der Waals surface area contributed by atoms with Gasteiger partial charge in [-0.1, -0.05) is 5.21 Å². The molecular weight excluding hydrogens is 214 g/mol. The first kappa shape index (κ1) is 10.4. The van der Waals surface area contributed by atoms with Crippen LogP contribution in [0, 0.1) is 0 Å². The van der Waals surface area contributed by atoms with E-state index in [4.69, 9.17) is 5.84 Å². The number of hydrogen-bond donors (Lipinski definition) is 2. The summed E-state index contributed by atoms with van der Waals surface area (Å²) in [4.78, 5) is 11.2. The van der Waals surface area contributed by atoms with Gasteiger partial charge in [-0.05, 0) is 24.3 Å². The van der Waals surface area contributed by atoms with Gasteiger partial charge in [0.1, 0.15) is 0 Å². The second-order valence-corrected chi connectivity index (χ2v) is 4.63. The van der Waals surface area contributed by atoms with E-state index < -0.39 is 5.91 Å². The van der Waals surface area contributed by atoms with Gasteiger partial charge in [0.2, 0.25) is 0 Å². The summed E-state index contributed by atoms with van der Waals surface area (Å²) in [7, 11) is 0. The minimum atomic E-state index is -0.397. The van der Waals surface area contributed by atoms with Crippen molar-refractivity contribution >= 4 is 17.7 Å². The smallest absolute Gasteiger partial charge is 0.287 e. The highest BCUT2D eigenvalue weighted by atomic mass is 32.2. The topological polar surface area (TPSA) is 85.8 Å². The van der Waals surface area contributed by atoms with Crippen molar-refractivity contribution in [2.24, 2.45) is 5.84 Å². The van der Waals surface area contributed by atoms with E-state index in [1.54, 1.807) is 10.9 Å². The minimum Gasteiger partial charge on any atom is -0.289 e. The molecule has 6 nitrogen and oxygen atoms in total. The van der Waals surface area contributed by atoms with E-state index in [2.05, 4.69) is 10.3 Å². The number of hydrogen-bond acceptors (Lipinski definition) is 5. The molecule has 1 amide bonds. The number of aromatic nitrogens is 3. The first-order valence-electron chi connectivity index (χ1n) is 4.82. The number of hydrazine groups is 1. The summed E-state index contributed by atoms with van der Waals surface area (Å²) in [6.45, 7) is 0. The number of nitrogen functional groups attached to an aromatic ring is 1. The number of carbonyl (C=O) groups excluding carboxylic acids is 1. The van der Waals surface area contributed by atoms with E-state index >= 15 is 0 Å². The van der Waals surface area contributed by atoms with Crippen molar-refractivity contribution in [2.75, 3.05) is 11.5 Å². The van der Waals surface area contributed by atoms with Gasteiger partial charge in [-0.3, -0.25) is 10.2 Å². The van der Waals surface area contributed by atoms with Gasteiger partial charge in [0.05, 0.1) is 12.2 Å². The molecule has 2 heterocycles. The van der Waals surface area contributed by atoms with Crippen molar-refractivity contribution in [2.45, 2.75) is 18.9 Å². The van der Waals surface area contributed by atoms with Gasteiger partial charge in [0.25, 0.3) is 5.91 Å². The van der Waals surface area contributed by atoms with Crippen molar-refractivity contribution in [1.29, 1.82) is 0 Å². The normalized spacial score (nSPS) is 17.7. The predicted octanol–water partition coefficient (Wildman–Crippen LogP) is -0.0503. The Kier molecular flexibility index (Phi) is 3.22. The van der Waals surface area contributed by atoms with Crippen LogP contribution >= 0.6 is 11.8 Å². The molecule has 0 atom stereocenters. The Labute approximate surface area is 91.6 Å². The van der Waals surface area contributed by atoms with Crippen LogP contribution in [0.4, 0.5) is 0 Å². The molecule has 3 N–H and O–H groups in total. The maximum Gasteiger partial charge on any atom is 0.287 e. The summed E-state index contributed by atoms with van der Waals surface area (Å²) in [5, 5.41) is 7.73. The van der Waals surface area contributed by atoms with Crippen molar-refractivity contribution in [3.8, 4) is 0 Å². The Hall–Kier alpha value is -1.08. The predicted molar refractivity (Wildman–Crippen MR) is 57.3 cm³/mol. The molecule has 7 heteroatoms. The SMILES string of the molecule is NNC(=O)c1cn(C2CCSCC2)nn1. The van der Waals surface area contributed by atoms with Gasteiger partial charge < -0.3 is 0 Å². The van der Waals surface area contributed by atoms with Crippen LogP contribution in [0.3, 0.4) is 0 Å². The summed E-state index contributed by atoms with van der Waals surface area (Å²) >= 11 is 1.95. The fourth-order valence-corrected chi connectivity index (χ4v) is 2.66. The van der Waals surface area contributed by atoms with Gasteiger partial charge >= 0.3 is 0 Å². The molecule has 2 rings (SSSR count). The Morgan fingerprint density at radius 1 is 1.60 bits per heavy atom. The number of nitrogens with two attached hydrogens (primary N) is 1. The van der Waals surface area contributed by atoms with E-state index in [9.17, 15) is 4.79 Å². The van der Waals surface area contributed by atoms with Crippen molar-refractivity contribution in [3.05, 3.63) is 11.9 Å². The quantitative estimate of drug-likeness (QED) is 0.420. The van der Waals surface area contributed by atoms with Gasteiger partial charge in [-0.2, -0.15) is 11.8 Å². The summed E-state index contributed by atoms with van der Waals surface area (Å²) in [5.74, 6) is 6.90. The van der Waals surface area contributed by atoms with Gasteiger partial charge in [-0.25, -0.2) is 10.5 Å². The molecule has 0 unspecified atom stereocenters. The molecule has 0 bridgehead atoms. The standard InChI is InChI=1S/C8H13N5OS/c9-10-8(14)7-5-13(12-11-7)6-1-3-15-4-2-6/h5-6H,1-4,9H2,(H,10,14). The fourth-order valence-electron chi connectivity index (χ4n) is 1.58. The van der Waals surface area contributed by atoms with Crippen LogP contribution < -0.4 is 11.3 Å². The van der Waals surface area contributed by atoms with Crippen molar-refractivity contribution in [3.63, 3.8) is 0 Å². The molecule has 0 saturated carbocycles. The molecule has 1 aromatic rings. The summed E-state index contributed by atoms with van der Waals surface area (Å²) < 4.78 is 1.77. The number of nitrogens with one attached hydrogen (secondary N) is 1. The third-order valence-electron chi connectivity index (χ3n) is 2.44. The zero-order valence-electron chi connectivity index (χ0n) is 8.22. The van der Waals surface area contributed by atoms with Crippen LogP contribution in [-0.4, -0.2) is 32.4 Å². The Bertz CT molecular complexity index is 347. The largest absolute Gasteiger partial charge is 0.289 e. The molecule has 1 aliphatic heterocycles. The van der Waals surface area contributed by atoms with Crippen LogP contribution in [-0.2, 0) is 0 Å². The highest BCUT2D eigenvalue weighted by Gasteiger charge is 2.18. The van der Waals surface area contributed by atoms with Crippen LogP contribution in [0.1, 0.15) is 29.4 Å². The molecule has 1 fully saturated rings. The number of rotatable bonds is 2. The molecule has 1 aliphatic rings. The Balaban J connectivity index is 2.08. The van der Waals surface area contributed by atoms with Crippen LogP contribution in [0.5, 0.6) is 0 Å². The average Bonchev–Trinajstić information content (AvgIpc) is 2.78. The lowest BCUT2D eigenvalue weighted by Gasteiger charge is -2.20. The maximum absolute atomic E-state index is 11.2. The lowest BCUT2D eigenvalue weighted by Crippen LogP contribution is -2.30. The monoisotopic (exact) mass is 227 g/mol. The third-order valence-corrected chi connectivity index (χ3v) is 3.49. The van der Waals surface area contributed by atoms with Crippen LogP contribution in [0.2, 0.25) is 0 Å². The van der Waals surface area contributed by atoms with Gasteiger partial charge in [0, 0.05) is 0 Å². The molecule has 0 aliphatic carbocycles. The number of thioether (sulfide) groups is 1. The Morgan fingerprint density at radius 3 is 3.00 bits per heavy atom. The molecule has 15 heavy (non-hydrogen) atoms. The summed E-state index contributed by atoms with van der Waals surface area (Å²) in [5.41, 5.74) is 2.31. The number of nitrogens with zero attached hydrogens (tertiary/aromatic N) is 3. The first-order chi connectivity index (χ1) is 7.31. The molecule has 82 valence electrons. The molecule has 0 aromatic carbocycles. The number of amides is 1. The second-order valence-electron chi connectivity index (χ2n) is 3.40. The highest BCUT2D eigenvalue weighted by Crippen LogP contribution is 2.25. The van der Waals surface area contributed by atoms with E-state index in [-0.39, 0.29) is 5.69 Å². The molecular formula is C8H13N5OS. The lowest BCUT2D eigenvalue weighted by molar-refractivity contribution is 0.0948. The molecule has 1 saturated heterocycles. The van der Waals surface area contributed by atoms with Crippen molar-refractivity contribution in [1.82, 2.24) is 20.4 Å². The third kappa shape index (κ3) is 2.29. The zero-order chi connectivity index (χ0) is 10.7. The highest BCUT2D eigenvalue weighted by molar-refractivity contribution is 7.99. The first-order valence-corrected chi connectivity index (χ1v) is 5.97. The average molecular weight is 227 g/mol. The Morgan fingerprint density at radius 2 is 2.33 bits per heavy atom. The van der Waals surface area contributed by atoms with Crippen LogP contribution in [0.15, 0.2) is 6.20 Å². The molecule has 0 spiro atoms. The van der Waals surface area contributed by atoms with E-state index in [1.807, 2.05) is 17.2 Å². The van der Waals surface area contributed by atoms with Gasteiger partial charge in [0.15, 0.2) is 5.69 Å². The van der Waals surface area contributed by atoms with E-state index in [0.29, 0.717) is 6.04 Å². The fraction of sp³-hybridized carbons (Fsp3) is 0.625. The van der Waals surface area contributed by atoms with E-state index in [1.165, 1.54) is 0 Å². The zero-order valence-corrected chi connectivity index (χ0v) is 9.04. The molecule has 1 aromatic heterocycles. The van der Waals surface area contributed by atoms with Crippen LogP contribution in [0.25, 0.3) is 0 Å². The summed E-state index contributed by atoms with van der Waals surface area (Å²) in [6.07, 6.45) is 3.82. The number of carbonyl (C=O) groups is 1. The van der Waals surface area contributed by atoms with Crippen molar-refractivity contribution < 1.29 is 4.79 Å². The van der Waals surface area contributed by atoms with E-state index in [0.717, 1.165) is 24.3 Å². The maximum atomic E-state index is 11.2. The second kappa shape index (κ2) is 4.63. The van der Waals surface area contributed by atoms with Gasteiger partial charge in [-0.15, -0.1) is 5.10 Å². The lowest BCUT2D eigenvalue weighted by atomic mass is 10.2. The summed E-state index contributed by atoms with van der Waals surface area (Å²) in [6, 6.07) is 0.373. The molecule has 0 radical (unpaired) electrons.